The van der Waals surface area contributed by atoms with Gasteiger partial charge in [0, 0.05) is 6.42 Å². The van der Waals surface area contributed by atoms with Crippen LogP contribution in [0.15, 0.2) is 24.3 Å². The average Bonchev–Trinajstić information content (AvgIpc) is 2.30. The zero-order valence-corrected chi connectivity index (χ0v) is 9.49. The molecule has 0 aliphatic heterocycles. The van der Waals surface area contributed by atoms with Crippen LogP contribution in [-0.2, 0) is 10.3 Å². The lowest BCUT2D eigenvalue weighted by molar-refractivity contribution is -0.127. The number of aromatic hydroxyl groups is 1. The van der Waals surface area contributed by atoms with E-state index < -0.39 is 5.54 Å². The number of Topliss-reactive ketones (excluding diaryl/α,β-unsaturated/α-hetero) is 1. The molecular weight excluding hydrogens is 202 g/mol. The van der Waals surface area contributed by atoms with Gasteiger partial charge in [0.1, 0.15) is 11.3 Å². The summed E-state index contributed by atoms with van der Waals surface area (Å²) in [7, 11) is 1.81. The molecule has 2 rings (SSSR count). The van der Waals surface area contributed by atoms with Crippen molar-refractivity contribution >= 4 is 5.78 Å². The van der Waals surface area contributed by atoms with Crippen molar-refractivity contribution in [3.05, 3.63) is 29.8 Å². The van der Waals surface area contributed by atoms with Gasteiger partial charge in [-0.25, -0.2) is 0 Å². The lowest BCUT2D eigenvalue weighted by atomic mass is 9.75. The predicted molar refractivity (Wildman–Crippen MR) is 62.3 cm³/mol. The fourth-order valence-electron chi connectivity index (χ4n) is 2.51. The molecule has 86 valence electrons. The number of ketones is 1. The highest BCUT2D eigenvalue weighted by molar-refractivity contribution is 5.90. The van der Waals surface area contributed by atoms with Crippen molar-refractivity contribution in [2.45, 2.75) is 31.2 Å². The van der Waals surface area contributed by atoms with Crippen LogP contribution in [0, 0.1) is 0 Å². The first-order chi connectivity index (χ1) is 7.69. The van der Waals surface area contributed by atoms with Crippen molar-refractivity contribution in [2.24, 2.45) is 0 Å². The molecule has 2 N–H and O–H groups in total. The Balaban J connectivity index is 2.44. The molecule has 1 aliphatic rings. The Labute approximate surface area is 95.5 Å². The Bertz CT molecular complexity index is 403. The zero-order valence-electron chi connectivity index (χ0n) is 9.49. The fourth-order valence-corrected chi connectivity index (χ4v) is 2.51. The molecule has 0 aromatic heterocycles. The molecule has 3 heteroatoms. The number of carbonyl (C=O) groups is 1. The van der Waals surface area contributed by atoms with E-state index in [-0.39, 0.29) is 11.5 Å². The van der Waals surface area contributed by atoms with Gasteiger partial charge in [0.15, 0.2) is 5.78 Å². The van der Waals surface area contributed by atoms with Crippen molar-refractivity contribution in [2.75, 3.05) is 7.05 Å². The summed E-state index contributed by atoms with van der Waals surface area (Å²) < 4.78 is 0. The van der Waals surface area contributed by atoms with Gasteiger partial charge in [-0.15, -0.1) is 0 Å². The maximum atomic E-state index is 12.1. The van der Waals surface area contributed by atoms with Crippen LogP contribution < -0.4 is 5.32 Å². The summed E-state index contributed by atoms with van der Waals surface area (Å²) in [4.78, 5) is 12.1. The topological polar surface area (TPSA) is 49.3 Å². The summed E-state index contributed by atoms with van der Waals surface area (Å²) in [6.45, 7) is 0. The number of benzene rings is 1. The lowest BCUT2D eigenvalue weighted by Gasteiger charge is -2.36. The van der Waals surface area contributed by atoms with Crippen LogP contribution in [0.4, 0.5) is 0 Å². The Kier molecular flexibility index (Phi) is 2.97. The number of nitrogens with one attached hydrogen (secondary N) is 1. The first-order valence-electron chi connectivity index (χ1n) is 5.71. The molecule has 16 heavy (non-hydrogen) atoms. The normalized spacial score (nSPS) is 25.7. The number of rotatable bonds is 2. The monoisotopic (exact) mass is 219 g/mol. The van der Waals surface area contributed by atoms with Crippen LogP contribution in [0.2, 0.25) is 0 Å². The molecule has 1 aromatic rings. The minimum absolute atomic E-state index is 0.213. The van der Waals surface area contributed by atoms with Gasteiger partial charge in [0.25, 0.3) is 0 Å². The standard InChI is InChI=1S/C13H17NO2/c1-14-13(8-3-2-7-12(13)16)10-5-4-6-11(15)9-10/h4-6,9,14-15H,2-3,7-8H2,1H3. The van der Waals surface area contributed by atoms with Crippen LogP contribution >= 0.6 is 0 Å². The smallest absolute Gasteiger partial charge is 0.157 e. The van der Waals surface area contributed by atoms with Crippen molar-refractivity contribution in [1.82, 2.24) is 5.32 Å². The number of phenols is 1. The van der Waals surface area contributed by atoms with Gasteiger partial charge in [0.2, 0.25) is 0 Å². The highest BCUT2D eigenvalue weighted by atomic mass is 16.3. The Morgan fingerprint density at radius 1 is 1.38 bits per heavy atom. The summed E-state index contributed by atoms with van der Waals surface area (Å²) in [5, 5.41) is 12.7. The molecule has 1 unspecified atom stereocenters. The minimum atomic E-state index is -0.586. The second-order valence-electron chi connectivity index (χ2n) is 4.34. The van der Waals surface area contributed by atoms with Crippen molar-refractivity contribution in [1.29, 1.82) is 0 Å². The van der Waals surface area contributed by atoms with Gasteiger partial charge in [-0.1, -0.05) is 18.6 Å². The molecule has 0 bridgehead atoms. The third kappa shape index (κ3) is 1.71. The van der Waals surface area contributed by atoms with E-state index in [1.807, 2.05) is 13.1 Å². The quantitative estimate of drug-likeness (QED) is 0.799. The average molecular weight is 219 g/mol. The van der Waals surface area contributed by atoms with Gasteiger partial charge in [-0.05, 0) is 37.6 Å². The molecule has 0 radical (unpaired) electrons. The number of hydrogen-bond acceptors (Lipinski definition) is 3. The largest absolute Gasteiger partial charge is 0.508 e. The molecule has 3 nitrogen and oxygen atoms in total. The highest BCUT2D eigenvalue weighted by Crippen LogP contribution is 2.35. The second-order valence-corrected chi connectivity index (χ2v) is 4.34. The number of hydrogen-bond donors (Lipinski definition) is 2. The second kappa shape index (κ2) is 4.26. The van der Waals surface area contributed by atoms with Crippen LogP contribution in [0.3, 0.4) is 0 Å². The molecule has 0 amide bonds. The van der Waals surface area contributed by atoms with Gasteiger partial charge in [-0.2, -0.15) is 0 Å². The first-order valence-corrected chi connectivity index (χ1v) is 5.71. The van der Waals surface area contributed by atoms with Gasteiger partial charge in [0.05, 0.1) is 0 Å². The first kappa shape index (κ1) is 11.1. The molecule has 1 aromatic carbocycles. The van der Waals surface area contributed by atoms with Crippen molar-refractivity contribution < 1.29 is 9.90 Å². The summed E-state index contributed by atoms with van der Waals surface area (Å²) in [5.74, 6) is 0.442. The van der Waals surface area contributed by atoms with Gasteiger partial charge in [-0.3, -0.25) is 4.79 Å². The van der Waals surface area contributed by atoms with E-state index in [0.29, 0.717) is 6.42 Å². The van der Waals surface area contributed by atoms with E-state index in [0.717, 1.165) is 24.8 Å². The molecule has 0 saturated heterocycles. The number of likely N-dealkylation sites (N-methyl/N-ethyl adjacent to an activating group) is 1. The van der Waals surface area contributed by atoms with Crippen LogP contribution in [0.5, 0.6) is 5.75 Å². The van der Waals surface area contributed by atoms with E-state index in [2.05, 4.69) is 5.32 Å². The lowest BCUT2D eigenvalue weighted by Crippen LogP contribution is -2.49. The SMILES string of the molecule is CNC1(c2cccc(O)c2)CCCCC1=O. The Hall–Kier alpha value is -1.35. The van der Waals surface area contributed by atoms with E-state index in [1.165, 1.54) is 0 Å². The van der Waals surface area contributed by atoms with E-state index >= 15 is 0 Å². The summed E-state index contributed by atoms with van der Waals surface area (Å²) in [6.07, 6.45) is 3.45. The molecule has 1 atom stereocenters. The third-order valence-electron chi connectivity index (χ3n) is 3.45. The van der Waals surface area contributed by atoms with Gasteiger partial charge < -0.3 is 10.4 Å². The van der Waals surface area contributed by atoms with E-state index in [1.54, 1.807) is 18.2 Å². The molecular formula is C13H17NO2. The maximum Gasteiger partial charge on any atom is 0.157 e. The summed E-state index contributed by atoms with van der Waals surface area (Å²) in [5.41, 5.74) is 0.288. The van der Waals surface area contributed by atoms with Crippen molar-refractivity contribution in [3.63, 3.8) is 0 Å². The molecule has 1 saturated carbocycles. The van der Waals surface area contributed by atoms with Crippen LogP contribution in [0.25, 0.3) is 0 Å². The Morgan fingerprint density at radius 3 is 2.81 bits per heavy atom. The van der Waals surface area contributed by atoms with E-state index in [9.17, 15) is 9.90 Å². The molecule has 1 aliphatic carbocycles. The fraction of sp³-hybridized carbons (Fsp3) is 0.462. The van der Waals surface area contributed by atoms with Crippen LogP contribution in [0.1, 0.15) is 31.2 Å². The summed E-state index contributed by atoms with van der Waals surface area (Å²) >= 11 is 0. The molecule has 1 fully saturated rings. The number of carbonyl (C=O) groups excluding carboxylic acids is 1. The van der Waals surface area contributed by atoms with E-state index in [4.69, 9.17) is 0 Å². The predicted octanol–water partition coefficient (Wildman–Crippen LogP) is 1.95. The third-order valence-corrected chi connectivity index (χ3v) is 3.45. The van der Waals surface area contributed by atoms with Gasteiger partial charge >= 0.3 is 0 Å². The molecule has 0 spiro atoms. The highest BCUT2D eigenvalue weighted by Gasteiger charge is 2.39. The maximum absolute atomic E-state index is 12.1. The minimum Gasteiger partial charge on any atom is -0.508 e. The Morgan fingerprint density at radius 2 is 2.19 bits per heavy atom. The van der Waals surface area contributed by atoms with Crippen LogP contribution in [-0.4, -0.2) is 17.9 Å². The summed E-state index contributed by atoms with van der Waals surface area (Å²) in [6, 6.07) is 6.99. The zero-order chi connectivity index (χ0) is 11.6. The number of phenolic OH excluding ortho intramolecular Hbond substituents is 1. The molecule has 0 heterocycles. The van der Waals surface area contributed by atoms with Crippen molar-refractivity contribution in [3.8, 4) is 5.75 Å².